The number of nitrogens with zero attached hydrogens (tertiary/aromatic N) is 2. The molecule has 3 N–H and O–H groups in total. The molecule has 1 atom stereocenters. The Balaban J connectivity index is 0.00000341. The van der Waals surface area contributed by atoms with E-state index in [2.05, 4.69) is 39.6 Å². The van der Waals surface area contributed by atoms with Crippen LogP contribution in [0.5, 0.6) is 17.2 Å². The number of rotatable bonds is 8. The third kappa shape index (κ3) is 7.77. The molecule has 1 aliphatic heterocycles. The minimum Gasteiger partial charge on any atom is -0.508 e. The molecule has 31 heavy (non-hydrogen) atoms. The lowest BCUT2D eigenvalue weighted by atomic mass is 10.2. The van der Waals surface area contributed by atoms with Crippen molar-refractivity contribution >= 4 is 29.9 Å². The van der Waals surface area contributed by atoms with Crippen LogP contribution >= 0.6 is 24.0 Å². The third-order valence-corrected chi connectivity index (χ3v) is 5.11. The Morgan fingerprint density at radius 3 is 2.52 bits per heavy atom. The Hall–Kier alpha value is -2.20. The number of hydrogen-bond donors (Lipinski definition) is 3. The molecule has 7 nitrogen and oxygen atoms in total. The molecular weight excluding hydrogens is 507 g/mol. The highest BCUT2D eigenvalue weighted by atomic mass is 127. The second-order valence-corrected chi connectivity index (χ2v) is 7.45. The summed E-state index contributed by atoms with van der Waals surface area (Å²) in [6, 6.07) is 13.6. The van der Waals surface area contributed by atoms with Gasteiger partial charge in [0.25, 0.3) is 0 Å². The van der Waals surface area contributed by atoms with Gasteiger partial charge >= 0.3 is 0 Å². The number of halogens is 1. The van der Waals surface area contributed by atoms with Gasteiger partial charge in [-0.3, -0.25) is 4.90 Å². The van der Waals surface area contributed by atoms with E-state index in [9.17, 15) is 5.11 Å². The van der Waals surface area contributed by atoms with Gasteiger partial charge in [-0.05, 0) is 48.7 Å². The number of methoxy groups -OCH3 is 2. The molecule has 1 heterocycles. The molecule has 0 bridgehead atoms. The summed E-state index contributed by atoms with van der Waals surface area (Å²) in [5, 5.41) is 16.5. The van der Waals surface area contributed by atoms with E-state index in [4.69, 9.17) is 9.47 Å². The van der Waals surface area contributed by atoms with Crippen LogP contribution in [0.25, 0.3) is 0 Å². The molecule has 3 rings (SSSR count). The van der Waals surface area contributed by atoms with Gasteiger partial charge in [-0.1, -0.05) is 12.1 Å². The maximum Gasteiger partial charge on any atom is 0.191 e. The average Bonchev–Trinajstić information content (AvgIpc) is 3.18. The van der Waals surface area contributed by atoms with Crippen LogP contribution in [-0.4, -0.2) is 55.9 Å². The fourth-order valence-corrected chi connectivity index (χ4v) is 3.65. The highest BCUT2D eigenvalue weighted by Crippen LogP contribution is 2.24. The molecule has 0 aliphatic carbocycles. The Morgan fingerprint density at radius 1 is 1.13 bits per heavy atom. The van der Waals surface area contributed by atoms with Crippen molar-refractivity contribution in [3.05, 3.63) is 53.6 Å². The van der Waals surface area contributed by atoms with Crippen molar-refractivity contribution in [2.45, 2.75) is 32.5 Å². The second-order valence-electron chi connectivity index (χ2n) is 7.45. The average molecular weight is 540 g/mol. The van der Waals surface area contributed by atoms with Crippen LogP contribution in [0, 0.1) is 0 Å². The van der Waals surface area contributed by atoms with Crippen molar-refractivity contribution in [1.82, 2.24) is 15.5 Å². The van der Waals surface area contributed by atoms with E-state index in [0.29, 0.717) is 12.6 Å². The Morgan fingerprint density at radius 2 is 1.87 bits per heavy atom. The number of likely N-dealkylation sites (tertiary alicyclic amines) is 1. The van der Waals surface area contributed by atoms with Crippen LogP contribution in [0.2, 0.25) is 0 Å². The van der Waals surface area contributed by atoms with E-state index >= 15 is 0 Å². The maximum atomic E-state index is 9.63. The minimum absolute atomic E-state index is 0. The largest absolute Gasteiger partial charge is 0.508 e. The molecule has 0 saturated carbocycles. The van der Waals surface area contributed by atoms with Gasteiger partial charge in [0.2, 0.25) is 0 Å². The van der Waals surface area contributed by atoms with Crippen molar-refractivity contribution < 1.29 is 14.6 Å². The van der Waals surface area contributed by atoms with Crippen molar-refractivity contribution in [2.75, 3.05) is 33.9 Å². The van der Waals surface area contributed by atoms with Crippen LogP contribution in [0.3, 0.4) is 0 Å². The number of guanidine groups is 1. The molecule has 0 spiro atoms. The fourth-order valence-electron chi connectivity index (χ4n) is 3.65. The molecule has 1 aliphatic rings. The van der Waals surface area contributed by atoms with Crippen molar-refractivity contribution in [2.24, 2.45) is 4.99 Å². The highest BCUT2D eigenvalue weighted by molar-refractivity contribution is 14.0. The number of phenolic OH excluding ortho intramolecular Hbond substituents is 1. The molecule has 1 saturated heterocycles. The number of nitrogens with one attached hydrogen (secondary N) is 2. The third-order valence-electron chi connectivity index (χ3n) is 5.11. The number of phenols is 1. The fraction of sp³-hybridized carbons (Fsp3) is 0.435. The van der Waals surface area contributed by atoms with Gasteiger partial charge in [0.05, 0.1) is 20.8 Å². The summed E-state index contributed by atoms with van der Waals surface area (Å²) >= 11 is 0. The first-order valence-electron chi connectivity index (χ1n) is 10.4. The van der Waals surface area contributed by atoms with Crippen molar-refractivity contribution in [3.8, 4) is 17.2 Å². The van der Waals surface area contributed by atoms with E-state index < -0.39 is 0 Å². The SMILES string of the molecule is CCNC(=NCc1cccc(O)c1)NC1CCN(Cc2cc(OC)cc(OC)c2)C1.I. The quantitative estimate of drug-likeness (QED) is 0.271. The zero-order chi connectivity index (χ0) is 21.3. The van der Waals surface area contributed by atoms with Gasteiger partial charge in [0.1, 0.15) is 17.2 Å². The van der Waals surface area contributed by atoms with Gasteiger partial charge < -0.3 is 25.2 Å². The van der Waals surface area contributed by atoms with Crippen LogP contribution in [-0.2, 0) is 13.1 Å². The number of aliphatic imine (C=N–C) groups is 1. The maximum absolute atomic E-state index is 9.63. The predicted molar refractivity (Wildman–Crippen MR) is 135 cm³/mol. The van der Waals surface area contributed by atoms with Gasteiger partial charge in [-0.25, -0.2) is 4.99 Å². The summed E-state index contributed by atoms with van der Waals surface area (Å²) in [7, 11) is 3.35. The van der Waals surface area contributed by atoms with Crippen LogP contribution in [0.1, 0.15) is 24.5 Å². The summed E-state index contributed by atoms with van der Waals surface area (Å²) in [4.78, 5) is 7.10. The predicted octanol–water partition coefficient (Wildman–Crippen LogP) is 3.36. The molecule has 1 fully saturated rings. The topological polar surface area (TPSA) is 78.4 Å². The number of aromatic hydroxyl groups is 1. The number of ether oxygens (including phenoxy) is 2. The summed E-state index contributed by atoms with van der Waals surface area (Å²) in [6.45, 7) is 6.18. The monoisotopic (exact) mass is 540 g/mol. The van der Waals surface area contributed by atoms with E-state index in [1.54, 1.807) is 26.4 Å². The first-order valence-corrected chi connectivity index (χ1v) is 10.4. The molecular formula is C23H33IN4O3. The summed E-state index contributed by atoms with van der Waals surface area (Å²) < 4.78 is 10.8. The van der Waals surface area contributed by atoms with E-state index in [-0.39, 0.29) is 29.7 Å². The molecule has 2 aromatic carbocycles. The van der Waals surface area contributed by atoms with Gasteiger partial charge in [-0.2, -0.15) is 0 Å². The second kappa shape index (κ2) is 12.6. The van der Waals surface area contributed by atoms with E-state index in [1.165, 1.54) is 5.56 Å². The van der Waals surface area contributed by atoms with Gasteiger partial charge in [0.15, 0.2) is 5.96 Å². The molecule has 170 valence electrons. The normalized spacial score (nSPS) is 16.5. The number of benzene rings is 2. The lowest BCUT2D eigenvalue weighted by molar-refractivity contribution is 0.321. The molecule has 0 radical (unpaired) electrons. The van der Waals surface area contributed by atoms with Crippen LogP contribution in [0.4, 0.5) is 0 Å². The molecule has 2 aromatic rings. The summed E-state index contributed by atoms with van der Waals surface area (Å²) in [5.74, 6) is 2.69. The summed E-state index contributed by atoms with van der Waals surface area (Å²) in [5.41, 5.74) is 2.16. The van der Waals surface area contributed by atoms with E-state index in [0.717, 1.165) is 55.6 Å². The lowest BCUT2D eigenvalue weighted by Gasteiger charge is -2.19. The smallest absolute Gasteiger partial charge is 0.191 e. The van der Waals surface area contributed by atoms with Crippen molar-refractivity contribution in [1.29, 1.82) is 0 Å². The summed E-state index contributed by atoms with van der Waals surface area (Å²) in [6.07, 6.45) is 1.05. The molecule has 8 heteroatoms. The molecule has 0 amide bonds. The minimum atomic E-state index is 0. The lowest BCUT2D eigenvalue weighted by Crippen LogP contribution is -2.44. The molecule has 1 unspecified atom stereocenters. The number of hydrogen-bond acceptors (Lipinski definition) is 5. The first-order chi connectivity index (χ1) is 14.6. The Kier molecular flexibility index (Phi) is 10.2. The zero-order valence-electron chi connectivity index (χ0n) is 18.4. The standard InChI is InChI=1S/C23H32N4O3.HI/c1-4-24-23(25-14-17-6-5-7-20(28)10-17)26-19-8-9-27(16-19)15-18-11-21(29-2)13-22(12-18)30-3;/h5-7,10-13,19,28H,4,8-9,14-16H2,1-3H3,(H2,24,25,26);1H. The zero-order valence-corrected chi connectivity index (χ0v) is 20.8. The van der Waals surface area contributed by atoms with Gasteiger partial charge in [0, 0.05) is 38.3 Å². The Labute approximate surface area is 201 Å². The van der Waals surface area contributed by atoms with Crippen LogP contribution in [0.15, 0.2) is 47.5 Å². The molecule has 0 aromatic heterocycles. The highest BCUT2D eigenvalue weighted by Gasteiger charge is 2.23. The van der Waals surface area contributed by atoms with Gasteiger partial charge in [-0.15, -0.1) is 24.0 Å². The van der Waals surface area contributed by atoms with Crippen molar-refractivity contribution in [3.63, 3.8) is 0 Å². The first kappa shape index (κ1) is 25.1. The Bertz CT molecular complexity index is 840. The van der Waals surface area contributed by atoms with Crippen LogP contribution < -0.4 is 20.1 Å². The van der Waals surface area contributed by atoms with E-state index in [1.807, 2.05) is 18.2 Å².